The highest BCUT2D eigenvalue weighted by atomic mass is 32.1. The first-order chi connectivity index (χ1) is 16.1. The predicted octanol–water partition coefficient (Wildman–Crippen LogP) is 2.58. The van der Waals surface area contributed by atoms with Crippen LogP contribution in [0.25, 0.3) is 11.3 Å². The second kappa shape index (κ2) is 9.46. The van der Waals surface area contributed by atoms with E-state index in [2.05, 4.69) is 49.8 Å². The van der Waals surface area contributed by atoms with E-state index in [0.717, 1.165) is 21.8 Å². The number of nitrogens with zero attached hydrogens (tertiary/aromatic N) is 3. The van der Waals surface area contributed by atoms with Gasteiger partial charge in [-0.2, -0.15) is 0 Å². The first kappa shape index (κ1) is 21.8. The quantitative estimate of drug-likeness (QED) is 0.554. The van der Waals surface area contributed by atoms with Crippen molar-refractivity contribution in [1.29, 1.82) is 0 Å². The molecule has 1 aromatic carbocycles. The van der Waals surface area contributed by atoms with Crippen LogP contribution in [0.1, 0.15) is 4.88 Å². The van der Waals surface area contributed by atoms with Crippen molar-refractivity contribution in [2.45, 2.75) is 30.7 Å². The van der Waals surface area contributed by atoms with Crippen molar-refractivity contribution >= 4 is 28.9 Å². The van der Waals surface area contributed by atoms with Gasteiger partial charge in [-0.3, -0.25) is 4.79 Å². The van der Waals surface area contributed by atoms with E-state index in [-0.39, 0.29) is 30.2 Å². The van der Waals surface area contributed by atoms with Gasteiger partial charge >= 0.3 is 0 Å². The van der Waals surface area contributed by atoms with Crippen LogP contribution in [-0.2, 0) is 20.7 Å². The van der Waals surface area contributed by atoms with Gasteiger partial charge in [0.15, 0.2) is 0 Å². The van der Waals surface area contributed by atoms with Crippen molar-refractivity contribution in [1.82, 2.24) is 15.3 Å². The van der Waals surface area contributed by atoms with Gasteiger partial charge in [-0.15, -0.1) is 11.3 Å². The summed E-state index contributed by atoms with van der Waals surface area (Å²) >= 11 is 1.58. The molecule has 3 aromatic rings. The molecule has 4 heterocycles. The minimum absolute atomic E-state index is 0.0111. The third kappa shape index (κ3) is 4.85. The maximum atomic E-state index is 12.4. The molecule has 0 saturated carbocycles. The Balaban J connectivity index is 1.20. The average molecular weight is 466 g/mol. The molecule has 5 rings (SSSR count). The van der Waals surface area contributed by atoms with Crippen LogP contribution in [0.15, 0.2) is 54.0 Å². The third-order valence-electron chi connectivity index (χ3n) is 5.96. The Kier molecular flexibility index (Phi) is 6.26. The summed E-state index contributed by atoms with van der Waals surface area (Å²) in [6.45, 7) is 0.903. The van der Waals surface area contributed by atoms with E-state index in [1.807, 2.05) is 37.7 Å². The summed E-state index contributed by atoms with van der Waals surface area (Å²) in [7, 11) is 4.03. The molecule has 2 aliphatic heterocycles. The molecular formula is C24H27N5O3S. The fraction of sp³-hybridized carbons (Fsp3) is 0.375. The summed E-state index contributed by atoms with van der Waals surface area (Å²) in [4.78, 5) is 24.6. The van der Waals surface area contributed by atoms with Crippen molar-refractivity contribution in [2.75, 3.05) is 37.5 Å². The Labute approximate surface area is 197 Å². The Morgan fingerprint density at radius 3 is 2.58 bits per heavy atom. The highest BCUT2D eigenvalue weighted by molar-refractivity contribution is 7.10. The van der Waals surface area contributed by atoms with Gasteiger partial charge in [0.2, 0.25) is 11.9 Å². The Bertz CT molecular complexity index is 1090. The van der Waals surface area contributed by atoms with Gasteiger partial charge in [0, 0.05) is 36.4 Å². The number of nitrogens with one attached hydrogen (secondary N) is 2. The first-order valence-corrected chi connectivity index (χ1v) is 11.9. The van der Waals surface area contributed by atoms with E-state index < -0.39 is 0 Å². The normalized spacial score (nSPS) is 23.8. The largest absolute Gasteiger partial charge is 0.378 e. The minimum Gasteiger partial charge on any atom is -0.378 e. The summed E-state index contributed by atoms with van der Waals surface area (Å²) in [6, 6.07) is 13.8. The Hall–Kier alpha value is -3.01. The number of benzene rings is 1. The van der Waals surface area contributed by atoms with Crippen LogP contribution in [-0.4, -0.2) is 67.5 Å². The molecule has 0 spiro atoms. The van der Waals surface area contributed by atoms with E-state index in [4.69, 9.17) is 9.47 Å². The van der Waals surface area contributed by atoms with Crippen molar-refractivity contribution in [3.05, 3.63) is 58.9 Å². The van der Waals surface area contributed by atoms with Gasteiger partial charge in [-0.1, -0.05) is 18.2 Å². The van der Waals surface area contributed by atoms with Crippen molar-refractivity contribution in [2.24, 2.45) is 0 Å². The molecule has 9 heteroatoms. The second-order valence-corrected chi connectivity index (χ2v) is 9.52. The molecule has 2 N–H and O–H groups in total. The van der Waals surface area contributed by atoms with Gasteiger partial charge in [-0.05, 0) is 29.6 Å². The number of amides is 1. The molecule has 0 aliphatic carbocycles. The number of thiophene rings is 1. The predicted molar refractivity (Wildman–Crippen MR) is 129 cm³/mol. The van der Waals surface area contributed by atoms with Crippen LogP contribution in [0.3, 0.4) is 0 Å². The van der Waals surface area contributed by atoms with Crippen molar-refractivity contribution < 1.29 is 14.3 Å². The molecule has 172 valence electrons. The van der Waals surface area contributed by atoms with Gasteiger partial charge in [0.1, 0.15) is 12.2 Å². The molecule has 2 aromatic heterocycles. The van der Waals surface area contributed by atoms with Crippen LogP contribution in [0, 0.1) is 0 Å². The summed E-state index contributed by atoms with van der Waals surface area (Å²) < 4.78 is 12.0. The maximum absolute atomic E-state index is 12.4. The lowest BCUT2D eigenvalue weighted by molar-refractivity contribution is -0.121. The SMILES string of the molecule is CN(C)c1ccc(-c2ccnc(N[C@H]3CO[C@H]4[C@@H]3OC[C@@H]4NC(=O)Cc3cccs3)n2)cc1. The first-order valence-electron chi connectivity index (χ1n) is 11.0. The molecular weight excluding hydrogens is 438 g/mol. The third-order valence-corrected chi connectivity index (χ3v) is 6.84. The molecule has 0 radical (unpaired) electrons. The zero-order chi connectivity index (χ0) is 22.8. The molecule has 33 heavy (non-hydrogen) atoms. The van der Waals surface area contributed by atoms with Crippen molar-refractivity contribution in [3.8, 4) is 11.3 Å². The number of hydrogen-bond acceptors (Lipinski definition) is 8. The van der Waals surface area contributed by atoms with E-state index in [9.17, 15) is 4.79 Å². The van der Waals surface area contributed by atoms with Gasteiger partial charge in [0.05, 0.1) is 37.4 Å². The number of rotatable bonds is 7. The molecule has 8 nitrogen and oxygen atoms in total. The van der Waals surface area contributed by atoms with Crippen LogP contribution in [0.5, 0.6) is 0 Å². The summed E-state index contributed by atoms with van der Waals surface area (Å²) in [5.74, 6) is 0.523. The number of carbonyl (C=O) groups is 1. The lowest BCUT2D eigenvalue weighted by Gasteiger charge is -2.18. The lowest BCUT2D eigenvalue weighted by atomic mass is 10.1. The van der Waals surface area contributed by atoms with E-state index in [1.165, 1.54) is 0 Å². The maximum Gasteiger partial charge on any atom is 0.225 e. The topological polar surface area (TPSA) is 88.6 Å². The molecule has 2 saturated heterocycles. The number of aromatic nitrogens is 2. The smallest absolute Gasteiger partial charge is 0.225 e. The molecule has 2 aliphatic rings. The highest BCUT2D eigenvalue weighted by Gasteiger charge is 2.48. The highest BCUT2D eigenvalue weighted by Crippen LogP contribution is 2.29. The second-order valence-electron chi connectivity index (χ2n) is 8.48. The van der Waals surface area contributed by atoms with Crippen LogP contribution < -0.4 is 15.5 Å². The molecule has 1 amide bonds. The summed E-state index contributed by atoms with van der Waals surface area (Å²) in [5.41, 5.74) is 3.01. The zero-order valence-corrected chi connectivity index (χ0v) is 19.4. The van der Waals surface area contributed by atoms with Crippen LogP contribution >= 0.6 is 11.3 Å². The number of anilines is 2. The van der Waals surface area contributed by atoms with Gasteiger partial charge in [0.25, 0.3) is 0 Å². The number of fused-ring (bicyclic) bond motifs is 1. The standard InChI is InChI=1S/C24H27N5O3S/c1-29(2)16-7-5-15(6-8-16)18-9-10-25-24(27-18)28-20-14-32-22-19(13-31-23(20)22)26-21(30)12-17-4-3-11-33-17/h3-11,19-20,22-23H,12-14H2,1-2H3,(H,26,30)(H,25,27,28)/t19-,20-,22+,23+/m0/s1. The Morgan fingerprint density at radius 2 is 1.85 bits per heavy atom. The van der Waals surface area contributed by atoms with Crippen molar-refractivity contribution in [3.63, 3.8) is 0 Å². The molecule has 4 atom stereocenters. The summed E-state index contributed by atoms with van der Waals surface area (Å²) in [5, 5.41) is 8.42. The fourth-order valence-electron chi connectivity index (χ4n) is 4.26. The van der Waals surface area contributed by atoms with E-state index in [0.29, 0.717) is 25.6 Å². The van der Waals surface area contributed by atoms with E-state index in [1.54, 1.807) is 17.5 Å². The van der Waals surface area contributed by atoms with Crippen LogP contribution in [0.2, 0.25) is 0 Å². The molecule has 0 unspecified atom stereocenters. The van der Waals surface area contributed by atoms with Gasteiger partial charge in [-0.25, -0.2) is 9.97 Å². The number of ether oxygens (including phenoxy) is 2. The lowest BCUT2D eigenvalue weighted by Crippen LogP contribution is -2.45. The Morgan fingerprint density at radius 1 is 1.09 bits per heavy atom. The molecule has 2 fully saturated rings. The number of carbonyl (C=O) groups excluding carboxylic acids is 1. The van der Waals surface area contributed by atoms with E-state index >= 15 is 0 Å². The number of hydrogen-bond donors (Lipinski definition) is 2. The monoisotopic (exact) mass is 465 g/mol. The summed E-state index contributed by atoms with van der Waals surface area (Å²) in [6.07, 6.45) is 1.78. The van der Waals surface area contributed by atoms with Crippen LogP contribution in [0.4, 0.5) is 11.6 Å². The van der Waals surface area contributed by atoms with Gasteiger partial charge < -0.3 is 25.0 Å². The minimum atomic E-state index is -0.184. The average Bonchev–Trinajstić information content (AvgIpc) is 3.55. The zero-order valence-electron chi connectivity index (χ0n) is 18.6. The molecule has 0 bridgehead atoms. The fourth-order valence-corrected chi connectivity index (χ4v) is 4.96.